The van der Waals surface area contributed by atoms with Crippen molar-refractivity contribution in [1.29, 1.82) is 0 Å². The number of hydrogen-bond acceptors (Lipinski definition) is 5. The van der Waals surface area contributed by atoms with Crippen LogP contribution in [-0.2, 0) is 14.3 Å². The highest BCUT2D eigenvalue weighted by molar-refractivity contribution is 6.31. The van der Waals surface area contributed by atoms with Crippen molar-refractivity contribution < 1.29 is 19.1 Å². The molecule has 144 valence electrons. The van der Waals surface area contributed by atoms with Crippen molar-refractivity contribution in [1.82, 2.24) is 9.80 Å². The monoisotopic (exact) mass is 382 g/mol. The van der Waals surface area contributed by atoms with Gasteiger partial charge >= 0.3 is 12.1 Å². The Balaban J connectivity index is 2.10. The number of methoxy groups -OCH3 is 1. The van der Waals surface area contributed by atoms with Gasteiger partial charge < -0.3 is 14.4 Å². The molecule has 0 N–H and O–H groups in total. The van der Waals surface area contributed by atoms with E-state index in [1.165, 1.54) is 7.11 Å². The molecule has 0 aromatic heterocycles. The van der Waals surface area contributed by atoms with Gasteiger partial charge in [0.1, 0.15) is 6.04 Å². The zero-order valence-electron chi connectivity index (χ0n) is 15.6. The Labute approximate surface area is 160 Å². The smallest absolute Gasteiger partial charge is 0.409 e. The van der Waals surface area contributed by atoms with Gasteiger partial charge in [0.05, 0.1) is 13.7 Å². The molecule has 0 saturated carbocycles. The summed E-state index contributed by atoms with van der Waals surface area (Å²) in [5, 5.41) is 0.528. The summed E-state index contributed by atoms with van der Waals surface area (Å²) in [4.78, 5) is 28.4. The van der Waals surface area contributed by atoms with Crippen LogP contribution < -0.4 is 0 Å². The lowest BCUT2D eigenvalue weighted by atomic mass is 10.0. The van der Waals surface area contributed by atoms with Crippen LogP contribution in [-0.4, -0.2) is 61.8 Å². The second-order valence-electron chi connectivity index (χ2n) is 6.79. The first-order valence-corrected chi connectivity index (χ1v) is 9.29. The molecule has 0 radical (unpaired) electrons. The number of carbonyl (C=O) groups is 2. The lowest BCUT2D eigenvalue weighted by molar-refractivity contribution is -0.147. The molecule has 1 saturated heterocycles. The minimum Gasteiger partial charge on any atom is -0.468 e. The molecule has 1 aliphatic heterocycles. The lowest BCUT2D eigenvalue weighted by Crippen LogP contribution is -2.39. The summed E-state index contributed by atoms with van der Waals surface area (Å²) in [7, 11) is 1.37. The van der Waals surface area contributed by atoms with Gasteiger partial charge in [-0.3, -0.25) is 4.90 Å². The Morgan fingerprint density at radius 2 is 1.88 bits per heavy atom. The van der Waals surface area contributed by atoms with Crippen LogP contribution in [0.15, 0.2) is 24.3 Å². The number of hydrogen-bond donors (Lipinski definition) is 0. The summed E-state index contributed by atoms with van der Waals surface area (Å²) in [6, 6.07) is 6.70. The molecule has 1 heterocycles. The van der Waals surface area contributed by atoms with E-state index in [-0.39, 0.29) is 12.1 Å². The molecule has 0 spiro atoms. The minimum atomic E-state index is -0.583. The Kier molecular flexibility index (Phi) is 7.72. The Hall–Kier alpha value is -1.79. The normalized spacial score (nSPS) is 16.9. The van der Waals surface area contributed by atoms with Crippen molar-refractivity contribution in [3.05, 3.63) is 34.9 Å². The molecule has 7 heteroatoms. The van der Waals surface area contributed by atoms with Crippen LogP contribution in [0.4, 0.5) is 4.79 Å². The van der Waals surface area contributed by atoms with Gasteiger partial charge in [-0.2, -0.15) is 0 Å². The minimum absolute atomic E-state index is 0.298. The van der Waals surface area contributed by atoms with E-state index >= 15 is 0 Å². The van der Waals surface area contributed by atoms with Gasteiger partial charge in [0, 0.05) is 31.2 Å². The number of benzene rings is 1. The van der Waals surface area contributed by atoms with E-state index in [0.717, 1.165) is 12.0 Å². The molecule has 6 nitrogen and oxygen atoms in total. The number of esters is 1. The molecular weight excluding hydrogens is 356 g/mol. The first kappa shape index (κ1) is 20.5. The molecule has 1 atom stereocenters. The van der Waals surface area contributed by atoms with Crippen molar-refractivity contribution >= 4 is 23.7 Å². The molecule has 1 fully saturated rings. The Morgan fingerprint density at radius 3 is 2.54 bits per heavy atom. The van der Waals surface area contributed by atoms with Gasteiger partial charge in [-0.05, 0) is 24.0 Å². The number of amides is 1. The summed E-state index contributed by atoms with van der Waals surface area (Å²) in [6.45, 7) is 6.72. The fraction of sp³-hybridized carbons (Fsp3) is 0.579. The van der Waals surface area contributed by atoms with Crippen LogP contribution in [0.25, 0.3) is 0 Å². The number of rotatable bonds is 5. The van der Waals surface area contributed by atoms with Gasteiger partial charge in [0.15, 0.2) is 0 Å². The topological polar surface area (TPSA) is 59.1 Å². The van der Waals surface area contributed by atoms with Crippen LogP contribution in [0.2, 0.25) is 5.02 Å². The van der Waals surface area contributed by atoms with Gasteiger partial charge in [0.2, 0.25) is 0 Å². The standard InChI is InChI=1S/C19H27ClN2O4/c1-14(2)13-26-19(24)22-10-6-9-21(11-12-22)17(18(23)25-3)15-7-4-5-8-16(15)20/h4-5,7-8,14,17H,6,9-13H2,1-3H3. The van der Waals surface area contributed by atoms with E-state index in [2.05, 4.69) is 0 Å². The first-order chi connectivity index (χ1) is 12.4. The Morgan fingerprint density at radius 1 is 1.15 bits per heavy atom. The highest BCUT2D eigenvalue weighted by atomic mass is 35.5. The summed E-state index contributed by atoms with van der Waals surface area (Å²) < 4.78 is 10.3. The molecule has 1 unspecified atom stereocenters. The second kappa shape index (κ2) is 9.78. The van der Waals surface area contributed by atoms with E-state index in [9.17, 15) is 9.59 Å². The van der Waals surface area contributed by atoms with Crippen LogP contribution in [0.1, 0.15) is 31.9 Å². The van der Waals surface area contributed by atoms with E-state index < -0.39 is 6.04 Å². The molecule has 1 amide bonds. The third-order valence-electron chi connectivity index (χ3n) is 4.32. The fourth-order valence-corrected chi connectivity index (χ4v) is 3.23. The van der Waals surface area contributed by atoms with Crippen molar-refractivity contribution in [2.24, 2.45) is 5.92 Å². The first-order valence-electron chi connectivity index (χ1n) is 8.92. The van der Waals surface area contributed by atoms with E-state index in [1.54, 1.807) is 11.0 Å². The van der Waals surface area contributed by atoms with Crippen molar-refractivity contribution in [2.45, 2.75) is 26.3 Å². The number of nitrogens with zero attached hydrogens (tertiary/aromatic N) is 2. The van der Waals surface area contributed by atoms with E-state index in [1.807, 2.05) is 36.9 Å². The van der Waals surface area contributed by atoms with Crippen molar-refractivity contribution in [3.8, 4) is 0 Å². The maximum atomic E-state index is 12.4. The van der Waals surface area contributed by atoms with E-state index in [4.69, 9.17) is 21.1 Å². The number of halogens is 1. The maximum Gasteiger partial charge on any atom is 0.409 e. The summed E-state index contributed by atoms with van der Waals surface area (Å²) in [6.07, 6.45) is 0.447. The van der Waals surface area contributed by atoms with Crippen LogP contribution in [0.3, 0.4) is 0 Å². The molecule has 1 aromatic carbocycles. The Bertz CT molecular complexity index is 623. The second-order valence-corrected chi connectivity index (χ2v) is 7.20. The highest BCUT2D eigenvalue weighted by Crippen LogP contribution is 2.29. The SMILES string of the molecule is COC(=O)C(c1ccccc1Cl)N1CCCN(C(=O)OCC(C)C)CC1. The molecule has 26 heavy (non-hydrogen) atoms. The summed E-state index contributed by atoms with van der Waals surface area (Å²) >= 11 is 6.31. The molecule has 1 aliphatic rings. The third-order valence-corrected chi connectivity index (χ3v) is 4.66. The van der Waals surface area contributed by atoms with Crippen molar-refractivity contribution in [2.75, 3.05) is 39.9 Å². The molecular formula is C19H27ClN2O4. The van der Waals surface area contributed by atoms with E-state index in [0.29, 0.717) is 43.7 Å². The lowest BCUT2D eigenvalue weighted by Gasteiger charge is -2.29. The largest absolute Gasteiger partial charge is 0.468 e. The summed E-state index contributed by atoms with van der Waals surface area (Å²) in [5.74, 6) is -0.0553. The predicted octanol–water partition coefficient (Wildman–Crippen LogP) is 3.35. The van der Waals surface area contributed by atoms with Crippen LogP contribution in [0, 0.1) is 5.92 Å². The maximum absolute atomic E-state index is 12.4. The molecule has 1 aromatic rings. The molecule has 0 aliphatic carbocycles. The number of ether oxygens (including phenoxy) is 2. The average molecular weight is 383 g/mol. The zero-order valence-corrected chi connectivity index (χ0v) is 16.4. The molecule has 0 bridgehead atoms. The number of carbonyl (C=O) groups excluding carboxylic acids is 2. The van der Waals surface area contributed by atoms with Gasteiger partial charge in [-0.1, -0.05) is 43.6 Å². The highest BCUT2D eigenvalue weighted by Gasteiger charge is 2.32. The van der Waals surface area contributed by atoms with Gasteiger partial charge in [-0.25, -0.2) is 9.59 Å². The summed E-state index contributed by atoms with van der Waals surface area (Å²) in [5.41, 5.74) is 0.719. The molecule has 2 rings (SSSR count). The van der Waals surface area contributed by atoms with Crippen LogP contribution >= 0.6 is 11.6 Å². The fourth-order valence-electron chi connectivity index (χ4n) is 2.99. The van der Waals surface area contributed by atoms with Crippen molar-refractivity contribution in [3.63, 3.8) is 0 Å². The zero-order chi connectivity index (χ0) is 19.1. The average Bonchev–Trinajstić information content (AvgIpc) is 2.87. The third kappa shape index (κ3) is 5.35. The quantitative estimate of drug-likeness (QED) is 0.731. The van der Waals surface area contributed by atoms with Gasteiger partial charge in [0.25, 0.3) is 0 Å². The predicted molar refractivity (Wildman–Crippen MR) is 100 cm³/mol. The van der Waals surface area contributed by atoms with Gasteiger partial charge in [-0.15, -0.1) is 0 Å². The van der Waals surface area contributed by atoms with Crippen LogP contribution in [0.5, 0.6) is 0 Å².